The maximum atomic E-state index is 14.5. The number of aryl methyl sites for hydroxylation is 1. The van der Waals surface area contributed by atoms with Crippen molar-refractivity contribution >= 4 is 28.8 Å². The van der Waals surface area contributed by atoms with Gasteiger partial charge in [-0.2, -0.15) is 0 Å². The second-order valence-electron chi connectivity index (χ2n) is 6.87. The van der Waals surface area contributed by atoms with E-state index in [9.17, 15) is 14.3 Å². The number of anilines is 1. The summed E-state index contributed by atoms with van der Waals surface area (Å²) < 4.78 is 14.5. The van der Waals surface area contributed by atoms with E-state index in [4.69, 9.17) is 11.6 Å². The molecule has 0 aliphatic carbocycles. The average molecular weight is 377 g/mol. The third kappa shape index (κ3) is 4.76. The van der Waals surface area contributed by atoms with Gasteiger partial charge in [0.2, 0.25) is 0 Å². The Morgan fingerprint density at radius 1 is 1.31 bits per heavy atom. The molecule has 1 heterocycles. The number of hydrogen-bond donors (Lipinski definition) is 0. The molecule has 0 atom stereocenters. The molecule has 0 spiro atoms. The first-order valence-electron chi connectivity index (χ1n) is 8.74. The average Bonchev–Trinajstić information content (AvgIpc) is 2.57. The minimum Gasteiger partial charge on any atom is -0.545 e. The summed E-state index contributed by atoms with van der Waals surface area (Å²) in [7, 11) is 0. The van der Waals surface area contributed by atoms with Crippen molar-refractivity contribution in [2.45, 2.75) is 46.6 Å². The van der Waals surface area contributed by atoms with Crippen molar-refractivity contribution in [2.24, 2.45) is 0 Å². The molecule has 0 fully saturated rings. The lowest BCUT2D eigenvalue weighted by Gasteiger charge is -2.35. The Morgan fingerprint density at radius 2 is 2.00 bits per heavy atom. The second kappa shape index (κ2) is 8.54. The zero-order valence-electron chi connectivity index (χ0n) is 15.6. The van der Waals surface area contributed by atoms with E-state index >= 15 is 0 Å². The van der Waals surface area contributed by atoms with Gasteiger partial charge in [0.15, 0.2) is 0 Å². The van der Waals surface area contributed by atoms with E-state index in [1.165, 1.54) is 12.2 Å². The largest absolute Gasteiger partial charge is 0.545 e. The van der Waals surface area contributed by atoms with Gasteiger partial charge >= 0.3 is 0 Å². The molecule has 0 N–H and O–H groups in total. The number of hydrogen-bond acceptors (Lipinski definition) is 3. The third-order valence-corrected chi connectivity index (χ3v) is 4.82. The molecule has 0 saturated heterocycles. The lowest BCUT2D eigenvalue weighted by molar-refractivity contribution is -0.297. The normalized spacial score (nSPS) is 16.1. The molecule has 0 radical (unpaired) electrons. The van der Waals surface area contributed by atoms with E-state index in [1.54, 1.807) is 19.9 Å². The number of carboxylic acids is 1. The number of allylic oxidation sites excluding steroid dienone is 5. The van der Waals surface area contributed by atoms with E-state index in [0.717, 1.165) is 42.3 Å². The molecule has 1 aliphatic rings. The topological polar surface area (TPSA) is 43.4 Å². The SMILES string of the molecule is CC(/C=C/C(F)=C(/C)c1cc(Cl)c2c(c1)CCCN2C(C)C)=C\C(=O)[O-]. The first kappa shape index (κ1) is 20.2. The van der Waals surface area contributed by atoms with E-state index < -0.39 is 11.8 Å². The highest BCUT2D eigenvalue weighted by molar-refractivity contribution is 6.33. The van der Waals surface area contributed by atoms with Gasteiger partial charge in [-0.05, 0) is 87.1 Å². The summed E-state index contributed by atoms with van der Waals surface area (Å²) in [6.07, 6.45) is 5.57. The molecule has 1 aliphatic heterocycles. The van der Waals surface area contributed by atoms with Gasteiger partial charge in [0, 0.05) is 12.6 Å². The summed E-state index contributed by atoms with van der Waals surface area (Å²) in [6, 6.07) is 4.16. The summed E-state index contributed by atoms with van der Waals surface area (Å²) in [4.78, 5) is 12.8. The predicted octanol–water partition coefficient (Wildman–Crippen LogP) is 4.45. The maximum absolute atomic E-state index is 14.5. The lowest BCUT2D eigenvalue weighted by atomic mass is 9.95. The summed E-state index contributed by atoms with van der Waals surface area (Å²) >= 11 is 6.53. The van der Waals surface area contributed by atoms with Crippen molar-refractivity contribution in [1.82, 2.24) is 0 Å². The van der Waals surface area contributed by atoms with E-state index in [-0.39, 0.29) is 0 Å². The van der Waals surface area contributed by atoms with E-state index in [1.807, 2.05) is 6.07 Å². The number of carbonyl (C=O) groups is 1. The fourth-order valence-corrected chi connectivity index (χ4v) is 3.50. The Labute approximate surface area is 159 Å². The van der Waals surface area contributed by atoms with Crippen molar-refractivity contribution in [2.75, 3.05) is 11.4 Å². The van der Waals surface area contributed by atoms with Crippen LogP contribution < -0.4 is 10.0 Å². The van der Waals surface area contributed by atoms with E-state index in [0.29, 0.717) is 22.2 Å². The molecular weight excluding hydrogens is 353 g/mol. The fraction of sp³-hybridized carbons (Fsp3) is 0.381. The smallest absolute Gasteiger partial charge is 0.126 e. The molecule has 0 bridgehead atoms. The molecule has 1 aromatic rings. The molecule has 26 heavy (non-hydrogen) atoms. The van der Waals surface area contributed by atoms with Gasteiger partial charge in [-0.25, -0.2) is 4.39 Å². The van der Waals surface area contributed by atoms with Crippen LogP contribution in [0.3, 0.4) is 0 Å². The van der Waals surface area contributed by atoms with Gasteiger partial charge in [0.05, 0.1) is 16.7 Å². The summed E-state index contributed by atoms with van der Waals surface area (Å²) in [5, 5.41) is 11.1. The molecule has 1 aromatic carbocycles. The van der Waals surface area contributed by atoms with Crippen molar-refractivity contribution < 1.29 is 14.3 Å². The minimum absolute atomic E-state index is 0.354. The molecule has 3 nitrogen and oxygen atoms in total. The Morgan fingerprint density at radius 3 is 2.62 bits per heavy atom. The molecule has 5 heteroatoms. The highest BCUT2D eigenvalue weighted by Gasteiger charge is 2.23. The number of nitrogens with zero attached hydrogens (tertiary/aromatic N) is 1. The number of aliphatic carboxylic acids is 1. The van der Waals surface area contributed by atoms with Crippen molar-refractivity contribution in [1.29, 1.82) is 0 Å². The van der Waals surface area contributed by atoms with Gasteiger partial charge in [0.25, 0.3) is 0 Å². The van der Waals surface area contributed by atoms with Crippen LogP contribution in [-0.4, -0.2) is 18.6 Å². The lowest BCUT2D eigenvalue weighted by Crippen LogP contribution is -2.35. The molecule has 0 aromatic heterocycles. The minimum atomic E-state index is -1.30. The molecule has 2 rings (SSSR count). The van der Waals surface area contributed by atoms with E-state index in [2.05, 4.69) is 18.7 Å². The van der Waals surface area contributed by atoms with Gasteiger partial charge < -0.3 is 14.8 Å². The Balaban J connectivity index is 2.38. The standard InChI is InChI=1S/C21H25ClFNO2/c1-13(2)24-9-5-6-16-11-17(12-18(22)21(16)24)15(4)19(23)8-7-14(3)10-20(25)26/h7-8,10-13H,5-6,9H2,1-4H3,(H,25,26)/p-1/b8-7+,14-10+,19-15+. The maximum Gasteiger partial charge on any atom is 0.126 e. The first-order chi connectivity index (χ1) is 12.2. The molecule has 0 unspecified atom stereocenters. The third-order valence-electron chi connectivity index (χ3n) is 4.53. The number of fused-ring (bicyclic) bond motifs is 1. The van der Waals surface area contributed by atoms with Crippen LogP contribution in [-0.2, 0) is 11.2 Å². The second-order valence-corrected chi connectivity index (χ2v) is 7.28. The zero-order valence-corrected chi connectivity index (χ0v) is 16.4. The quantitative estimate of drug-likeness (QED) is 0.563. The molecule has 0 saturated carbocycles. The highest BCUT2D eigenvalue weighted by atomic mass is 35.5. The van der Waals surface area contributed by atoms with Crippen LogP contribution >= 0.6 is 11.6 Å². The molecule has 140 valence electrons. The summed E-state index contributed by atoms with van der Waals surface area (Å²) in [5.41, 5.74) is 3.80. The number of rotatable bonds is 5. The molecular formula is C21H24ClFNO2-. The van der Waals surface area contributed by atoms with Crippen LogP contribution in [0.15, 0.2) is 41.8 Å². The Bertz CT molecular complexity index is 793. The van der Waals surface area contributed by atoms with Crippen molar-refractivity contribution in [3.05, 3.63) is 57.9 Å². The van der Waals surface area contributed by atoms with Crippen molar-refractivity contribution in [3.8, 4) is 0 Å². The first-order valence-corrected chi connectivity index (χ1v) is 9.11. The van der Waals surface area contributed by atoms with Crippen LogP contribution in [0.4, 0.5) is 10.1 Å². The van der Waals surface area contributed by atoms with Crippen LogP contribution in [0, 0.1) is 0 Å². The number of carbonyl (C=O) groups excluding carboxylic acids is 1. The zero-order chi connectivity index (χ0) is 19.4. The van der Waals surface area contributed by atoms with Crippen LogP contribution in [0.5, 0.6) is 0 Å². The molecule has 0 amide bonds. The predicted molar refractivity (Wildman–Crippen MR) is 104 cm³/mol. The van der Waals surface area contributed by atoms with Gasteiger partial charge in [0.1, 0.15) is 5.83 Å². The Kier molecular flexibility index (Phi) is 6.65. The van der Waals surface area contributed by atoms with Gasteiger partial charge in [-0.1, -0.05) is 17.7 Å². The van der Waals surface area contributed by atoms with Gasteiger partial charge in [-0.15, -0.1) is 0 Å². The Hall–Kier alpha value is -2.07. The van der Waals surface area contributed by atoms with Crippen LogP contribution in [0.25, 0.3) is 5.57 Å². The van der Waals surface area contributed by atoms with Gasteiger partial charge in [-0.3, -0.25) is 0 Å². The number of halogens is 2. The number of carboxylic acid groups (broad SMARTS) is 1. The fourth-order valence-electron chi connectivity index (χ4n) is 3.15. The van der Waals surface area contributed by atoms with Crippen LogP contribution in [0.2, 0.25) is 5.02 Å². The summed E-state index contributed by atoms with van der Waals surface area (Å²) in [6.45, 7) is 8.51. The number of benzene rings is 1. The van der Waals surface area contributed by atoms with Crippen molar-refractivity contribution in [3.63, 3.8) is 0 Å². The highest BCUT2D eigenvalue weighted by Crippen LogP contribution is 2.38. The monoisotopic (exact) mass is 376 g/mol. The summed E-state index contributed by atoms with van der Waals surface area (Å²) in [5.74, 6) is -1.73. The van der Waals surface area contributed by atoms with Crippen LogP contribution in [0.1, 0.15) is 45.2 Å².